The minimum Gasteiger partial charge on any atom is -0.506 e. The Hall–Kier alpha value is -2.37. The van der Waals surface area contributed by atoms with Gasteiger partial charge in [-0.15, -0.1) is 0 Å². The Morgan fingerprint density at radius 1 is 1.23 bits per heavy atom. The molecular formula is C15H9Cl2NO4. The van der Waals surface area contributed by atoms with Gasteiger partial charge in [0.2, 0.25) is 0 Å². The van der Waals surface area contributed by atoms with Crippen molar-refractivity contribution in [3.8, 4) is 5.75 Å². The van der Waals surface area contributed by atoms with Crippen molar-refractivity contribution in [2.45, 2.75) is 0 Å². The molecule has 0 saturated heterocycles. The van der Waals surface area contributed by atoms with Crippen LogP contribution in [0.1, 0.15) is 15.9 Å². The number of carbonyl (C=O) groups excluding carboxylic acids is 1. The lowest BCUT2D eigenvalue weighted by Crippen LogP contribution is -1.95. The normalized spacial score (nSPS) is 10.8. The fraction of sp³-hybridized carbons (Fsp3) is 0. The van der Waals surface area contributed by atoms with E-state index in [9.17, 15) is 20.0 Å². The van der Waals surface area contributed by atoms with Gasteiger partial charge in [-0.25, -0.2) is 0 Å². The monoisotopic (exact) mass is 337 g/mol. The van der Waals surface area contributed by atoms with Crippen molar-refractivity contribution < 1.29 is 14.8 Å². The Morgan fingerprint density at radius 3 is 2.64 bits per heavy atom. The van der Waals surface area contributed by atoms with Crippen LogP contribution in [0.2, 0.25) is 10.0 Å². The number of aromatic hydroxyl groups is 1. The zero-order chi connectivity index (χ0) is 16.3. The van der Waals surface area contributed by atoms with Crippen LogP contribution in [-0.4, -0.2) is 15.8 Å². The maximum Gasteiger partial charge on any atom is 0.270 e. The van der Waals surface area contributed by atoms with Gasteiger partial charge in [0.15, 0.2) is 5.78 Å². The lowest BCUT2D eigenvalue weighted by Gasteiger charge is -2.03. The maximum atomic E-state index is 12.1. The van der Waals surface area contributed by atoms with Crippen molar-refractivity contribution in [1.29, 1.82) is 0 Å². The number of non-ortho nitro benzene ring substituents is 1. The molecule has 0 aliphatic carbocycles. The van der Waals surface area contributed by atoms with Gasteiger partial charge in [-0.05, 0) is 23.8 Å². The van der Waals surface area contributed by atoms with E-state index in [-0.39, 0.29) is 27.0 Å². The van der Waals surface area contributed by atoms with E-state index in [0.29, 0.717) is 5.56 Å². The van der Waals surface area contributed by atoms with E-state index < -0.39 is 10.7 Å². The van der Waals surface area contributed by atoms with Crippen LogP contribution >= 0.6 is 23.2 Å². The van der Waals surface area contributed by atoms with E-state index in [2.05, 4.69) is 0 Å². The molecule has 112 valence electrons. The van der Waals surface area contributed by atoms with Gasteiger partial charge in [0.05, 0.1) is 15.5 Å². The molecule has 0 aliphatic heterocycles. The molecule has 0 radical (unpaired) electrons. The zero-order valence-electron chi connectivity index (χ0n) is 11.0. The minimum atomic E-state index is -0.526. The lowest BCUT2D eigenvalue weighted by atomic mass is 10.1. The molecule has 2 rings (SSSR count). The standard InChI is InChI=1S/C15H9Cl2NO4/c16-10-7-12(15(20)13(17)8-10)14(19)5-4-9-2-1-3-11(6-9)18(21)22/h1-8,20H/b5-4+. The number of nitrogens with zero attached hydrogens (tertiary/aromatic N) is 1. The Balaban J connectivity index is 2.29. The summed E-state index contributed by atoms with van der Waals surface area (Å²) < 4.78 is 0. The summed E-state index contributed by atoms with van der Waals surface area (Å²) in [5, 5.41) is 20.6. The number of phenols is 1. The molecule has 2 aromatic rings. The molecule has 1 N–H and O–H groups in total. The quantitative estimate of drug-likeness (QED) is 0.385. The summed E-state index contributed by atoms with van der Waals surface area (Å²) in [6.07, 6.45) is 2.59. The summed E-state index contributed by atoms with van der Waals surface area (Å²) in [5.41, 5.74) is 0.359. The molecule has 0 aromatic heterocycles. The van der Waals surface area contributed by atoms with Crippen LogP contribution in [0.15, 0.2) is 42.5 Å². The first-order valence-corrected chi connectivity index (χ1v) is 6.79. The highest BCUT2D eigenvalue weighted by Crippen LogP contribution is 2.31. The molecular weight excluding hydrogens is 329 g/mol. The number of ketones is 1. The van der Waals surface area contributed by atoms with Gasteiger partial charge in [-0.1, -0.05) is 41.4 Å². The number of hydrogen-bond acceptors (Lipinski definition) is 4. The number of halogens is 2. The first-order chi connectivity index (χ1) is 10.4. The summed E-state index contributed by atoms with van der Waals surface area (Å²) in [7, 11) is 0. The molecule has 0 spiro atoms. The fourth-order valence-corrected chi connectivity index (χ4v) is 2.25. The predicted octanol–water partition coefficient (Wildman–Crippen LogP) is 4.50. The number of phenolic OH excluding ortho intramolecular Hbond substituents is 1. The molecule has 0 unspecified atom stereocenters. The van der Waals surface area contributed by atoms with Crippen LogP contribution < -0.4 is 0 Å². The van der Waals surface area contributed by atoms with Crippen LogP contribution in [0, 0.1) is 10.1 Å². The van der Waals surface area contributed by atoms with Gasteiger partial charge >= 0.3 is 0 Å². The highest BCUT2D eigenvalue weighted by atomic mass is 35.5. The Kier molecular flexibility index (Phi) is 4.80. The molecule has 0 bridgehead atoms. The van der Waals surface area contributed by atoms with Crippen LogP contribution in [-0.2, 0) is 0 Å². The highest BCUT2D eigenvalue weighted by Gasteiger charge is 2.13. The van der Waals surface area contributed by atoms with E-state index in [0.717, 1.165) is 0 Å². The minimum absolute atomic E-state index is 0.0281. The summed E-state index contributed by atoms with van der Waals surface area (Å²) in [6, 6.07) is 8.41. The fourth-order valence-electron chi connectivity index (χ4n) is 1.76. The van der Waals surface area contributed by atoms with Gasteiger partial charge in [0.25, 0.3) is 5.69 Å². The van der Waals surface area contributed by atoms with Crippen molar-refractivity contribution in [1.82, 2.24) is 0 Å². The topological polar surface area (TPSA) is 80.4 Å². The van der Waals surface area contributed by atoms with Gasteiger partial charge < -0.3 is 5.11 Å². The number of hydrogen-bond donors (Lipinski definition) is 1. The van der Waals surface area contributed by atoms with Crippen molar-refractivity contribution in [3.63, 3.8) is 0 Å². The molecule has 0 aliphatic rings. The Morgan fingerprint density at radius 2 is 1.95 bits per heavy atom. The number of rotatable bonds is 4. The van der Waals surface area contributed by atoms with Gasteiger partial charge in [-0.3, -0.25) is 14.9 Å². The first kappa shape index (κ1) is 16.0. The number of benzene rings is 2. The molecule has 0 heterocycles. The van der Waals surface area contributed by atoms with Crippen LogP contribution in [0.3, 0.4) is 0 Å². The lowest BCUT2D eigenvalue weighted by molar-refractivity contribution is -0.384. The summed E-state index contributed by atoms with van der Waals surface area (Å²) in [5.74, 6) is -0.881. The SMILES string of the molecule is O=C(/C=C/c1cccc([N+](=O)[O-])c1)c1cc(Cl)cc(Cl)c1O. The zero-order valence-corrected chi connectivity index (χ0v) is 12.5. The van der Waals surface area contributed by atoms with Crippen LogP contribution in [0.25, 0.3) is 6.08 Å². The Labute approximate surface area is 135 Å². The van der Waals surface area contributed by atoms with E-state index >= 15 is 0 Å². The van der Waals surface area contributed by atoms with Crippen molar-refractivity contribution in [2.24, 2.45) is 0 Å². The van der Waals surface area contributed by atoms with Gasteiger partial charge in [0.1, 0.15) is 5.75 Å². The average molecular weight is 338 g/mol. The van der Waals surface area contributed by atoms with Gasteiger partial charge in [-0.2, -0.15) is 0 Å². The second-order valence-electron chi connectivity index (χ2n) is 4.33. The number of nitro groups is 1. The number of carbonyl (C=O) groups is 1. The number of allylic oxidation sites excluding steroid dienone is 1. The van der Waals surface area contributed by atoms with Gasteiger partial charge in [0, 0.05) is 17.2 Å². The van der Waals surface area contributed by atoms with E-state index in [4.69, 9.17) is 23.2 Å². The molecule has 0 fully saturated rings. The molecule has 0 atom stereocenters. The summed E-state index contributed by atoms with van der Waals surface area (Å²) >= 11 is 11.5. The predicted molar refractivity (Wildman–Crippen MR) is 84.6 cm³/mol. The third-order valence-electron chi connectivity index (χ3n) is 2.80. The third-order valence-corrected chi connectivity index (χ3v) is 3.31. The molecule has 0 saturated carbocycles. The Bertz CT molecular complexity index is 787. The van der Waals surface area contributed by atoms with Crippen LogP contribution in [0.5, 0.6) is 5.75 Å². The van der Waals surface area contributed by atoms with Crippen LogP contribution in [0.4, 0.5) is 5.69 Å². The second-order valence-corrected chi connectivity index (χ2v) is 5.18. The molecule has 7 heteroatoms. The van der Waals surface area contributed by atoms with E-state index in [1.165, 1.54) is 42.5 Å². The molecule has 22 heavy (non-hydrogen) atoms. The molecule has 5 nitrogen and oxygen atoms in total. The highest BCUT2D eigenvalue weighted by molar-refractivity contribution is 6.36. The molecule has 0 amide bonds. The number of nitro benzene ring substituents is 1. The van der Waals surface area contributed by atoms with Crippen molar-refractivity contribution in [2.75, 3.05) is 0 Å². The summed E-state index contributed by atoms with van der Waals surface area (Å²) in [4.78, 5) is 22.2. The average Bonchev–Trinajstić information content (AvgIpc) is 2.48. The van der Waals surface area contributed by atoms with E-state index in [1.54, 1.807) is 6.07 Å². The largest absolute Gasteiger partial charge is 0.506 e. The van der Waals surface area contributed by atoms with E-state index in [1.807, 2.05) is 0 Å². The second kappa shape index (κ2) is 6.60. The van der Waals surface area contributed by atoms with Crippen molar-refractivity contribution >= 4 is 40.7 Å². The summed E-state index contributed by atoms with van der Waals surface area (Å²) in [6.45, 7) is 0. The molecule has 2 aromatic carbocycles. The smallest absolute Gasteiger partial charge is 0.270 e. The van der Waals surface area contributed by atoms with Crippen molar-refractivity contribution in [3.05, 3.63) is 73.8 Å². The third kappa shape index (κ3) is 3.63. The first-order valence-electron chi connectivity index (χ1n) is 6.03. The maximum absolute atomic E-state index is 12.1.